The molecule has 6 heteroatoms. The highest BCUT2D eigenvalue weighted by molar-refractivity contribution is 5.91. The Hall–Kier alpha value is -2.63. The number of hydrogen-bond donors (Lipinski definition) is 0. The highest BCUT2D eigenvalue weighted by atomic mass is 16.2. The Bertz CT molecular complexity index is 971. The summed E-state index contributed by atoms with van der Waals surface area (Å²) < 4.78 is 1.96. The van der Waals surface area contributed by atoms with Crippen LogP contribution in [0.5, 0.6) is 0 Å². The van der Waals surface area contributed by atoms with Crippen LogP contribution in [0.4, 0.5) is 0 Å². The SMILES string of the molecule is Cn1nc(CCC(=O)N2CCCCC2)c2c1CCN(C(=O)C1(c3ccccc3)CC1)C2. The van der Waals surface area contributed by atoms with Gasteiger partial charge in [0.2, 0.25) is 11.8 Å². The number of hydrogen-bond acceptors (Lipinski definition) is 3. The molecular weight excluding hydrogens is 388 g/mol. The molecule has 3 aliphatic rings. The molecule has 6 nitrogen and oxygen atoms in total. The predicted molar refractivity (Wildman–Crippen MR) is 118 cm³/mol. The van der Waals surface area contributed by atoms with E-state index in [1.165, 1.54) is 12.1 Å². The van der Waals surface area contributed by atoms with Crippen molar-refractivity contribution in [2.24, 2.45) is 7.05 Å². The number of benzene rings is 1. The van der Waals surface area contributed by atoms with Gasteiger partial charge in [-0.2, -0.15) is 5.10 Å². The second-order valence-corrected chi connectivity index (χ2v) is 9.36. The molecule has 0 radical (unpaired) electrons. The van der Waals surface area contributed by atoms with Gasteiger partial charge in [-0.15, -0.1) is 0 Å². The van der Waals surface area contributed by atoms with Crippen molar-refractivity contribution >= 4 is 11.8 Å². The van der Waals surface area contributed by atoms with Crippen LogP contribution in [0.25, 0.3) is 0 Å². The first-order chi connectivity index (χ1) is 15.1. The zero-order chi connectivity index (χ0) is 21.4. The van der Waals surface area contributed by atoms with Gasteiger partial charge in [-0.05, 0) is 37.7 Å². The average molecular weight is 421 g/mol. The van der Waals surface area contributed by atoms with Gasteiger partial charge >= 0.3 is 0 Å². The minimum Gasteiger partial charge on any atom is -0.343 e. The van der Waals surface area contributed by atoms with Crippen LogP contribution in [0.1, 0.15) is 61.0 Å². The van der Waals surface area contributed by atoms with Gasteiger partial charge in [-0.3, -0.25) is 14.3 Å². The van der Waals surface area contributed by atoms with Crippen LogP contribution in [0.15, 0.2) is 30.3 Å². The van der Waals surface area contributed by atoms with E-state index in [9.17, 15) is 9.59 Å². The van der Waals surface area contributed by atoms with E-state index in [1.807, 2.05) is 39.7 Å². The van der Waals surface area contributed by atoms with Crippen LogP contribution >= 0.6 is 0 Å². The molecule has 164 valence electrons. The number of amides is 2. The molecule has 0 bridgehead atoms. The summed E-state index contributed by atoms with van der Waals surface area (Å²) in [5.74, 6) is 0.493. The molecule has 1 saturated carbocycles. The molecule has 5 rings (SSSR count). The number of nitrogens with zero attached hydrogens (tertiary/aromatic N) is 4. The van der Waals surface area contributed by atoms with E-state index in [4.69, 9.17) is 5.10 Å². The summed E-state index contributed by atoms with van der Waals surface area (Å²) in [7, 11) is 1.98. The van der Waals surface area contributed by atoms with E-state index in [0.717, 1.165) is 68.6 Å². The first-order valence-electron chi connectivity index (χ1n) is 11.7. The third-order valence-corrected chi connectivity index (χ3v) is 7.38. The number of aromatic nitrogens is 2. The average Bonchev–Trinajstić information content (AvgIpc) is 3.58. The molecule has 0 atom stereocenters. The van der Waals surface area contributed by atoms with E-state index in [0.29, 0.717) is 19.4 Å². The summed E-state index contributed by atoms with van der Waals surface area (Å²) in [6.45, 7) is 3.14. The molecule has 0 unspecified atom stereocenters. The summed E-state index contributed by atoms with van der Waals surface area (Å²) in [4.78, 5) is 30.2. The highest BCUT2D eigenvalue weighted by Gasteiger charge is 2.53. The Morgan fingerprint density at radius 1 is 1.00 bits per heavy atom. The van der Waals surface area contributed by atoms with Crippen molar-refractivity contribution in [3.05, 3.63) is 52.8 Å². The first-order valence-corrected chi connectivity index (χ1v) is 11.7. The summed E-state index contributed by atoms with van der Waals surface area (Å²) in [6, 6.07) is 10.2. The molecule has 1 saturated heterocycles. The Labute approximate surface area is 184 Å². The minimum atomic E-state index is -0.328. The van der Waals surface area contributed by atoms with Gasteiger partial charge < -0.3 is 9.80 Å². The van der Waals surface area contributed by atoms with Crippen molar-refractivity contribution in [3.8, 4) is 0 Å². The van der Waals surface area contributed by atoms with Crippen molar-refractivity contribution in [1.29, 1.82) is 0 Å². The molecule has 0 spiro atoms. The second-order valence-electron chi connectivity index (χ2n) is 9.36. The maximum Gasteiger partial charge on any atom is 0.233 e. The van der Waals surface area contributed by atoms with Crippen molar-refractivity contribution in [3.63, 3.8) is 0 Å². The standard InChI is InChI=1S/C25H32N4O2/c1-27-22-12-17-29(24(31)25(13-14-25)19-8-4-2-5-9-19)18-20(22)21(26-27)10-11-23(30)28-15-6-3-7-16-28/h2,4-5,8-9H,3,6-7,10-18H2,1H3. The van der Waals surface area contributed by atoms with Gasteiger partial charge in [0.1, 0.15) is 0 Å². The lowest BCUT2D eigenvalue weighted by Gasteiger charge is -2.31. The topological polar surface area (TPSA) is 58.4 Å². The minimum absolute atomic E-state index is 0.240. The third-order valence-electron chi connectivity index (χ3n) is 7.38. The molecule has 2 aromatic rings. The fourth-order valence-electron chi connectivity index (χ4n) is 5.38. The smallest absolute Gasteiger partial charge is 0.233 e. The Kier molecular flexibility index (Phi) is 5.32. The van der Waals surface area contributed by atoms with Crippen LogP contribution in [0, 0.1) is 0 Å². The lowest BCUT2D eigenvalue weighted by atomic mass is 9.92. The largest absolute Gasteiger partial charge is 0.343 e. The second kappa shape index (κ2) is 8.13. The number of piperidine rings is 1. The van der Waals surface area contributed by atoms with E-state index >= 15 is 0 Å². The van der Waals surface area contributed by atoms with E-state index in [1.54, 1.807) is 0 Å². The fraction of sp³-hybridized carbons (Fsp3) is 0.560. The number of aryl methyl sites for hydroxylation is 2. The van der Waals surface area contributed by atoms with Crippen LogP contribution in [0.2, 0.25) is 0 Å². The Morgan fingerprint density at radius 2 is 1.74 bits per heavy atom. The molecule has 0 N–H and O–H groups in total. The van der Waals surface area contributed by atoms with Crippen molar-refractivity contribution < 1.29 is 9.59 Å². The Balaban J connectivity index is 1.29. The zero-order valence-electron chi connectivity index (χ0n) is 18.5. The molecule has 31 heavy (non-hydrogen) atoms. The number of carbonyl (C=O) groups excluding carboxylic acids is 2. The van der Waals surface area contributed by atoms with E-state index in [2.05, 4.69) is 12.1 Å². The highest BCUT2D eigenvalue weighted by Crippen LogP contribution is 2.50. The predicted octanol–water partition coefficient (Wildman–Crippen LogP) is 2.98. The molecule has 1 aromatic carbocycles. The third kappa shape index (κ3) is 3.77. The normalized spacial score (nSPS) is 19.8. The van der Waals surface area contributed by atoms with Gasteiger partial charge in [0.15, 0.2) is 0 Å². The number of likely N-dealkylation sites (tertiary alicyclic amines) is 1. The Morgan fingerprint density at radius 3 is 2.45 bits per heavy atom. The van der Waals surface area contributed by atoms with Crippen LogP contribution in [-0.4, -0.2) is 51.0 Å². The quantitative estimate of drug-likeness (QED) is 0.747. The van der Waals surface area contributed by atoms with Gasteiger partial charge in [0, 0.05) is 63.7 Å². The molecule has 1 aromatic heterocycles. The van der Waals surface area contributed by atoms with Gasteiger partial charge in [0.25, 0.3) is 0 Å². The van der Waals surface area contributed by atoms with Gasteiger partial charge in [0.05, 0.1) is 11.1 Å². The summed E-state index contributed by atoms with van der Waals surface area (Å²) in [6.07, 6.45) is 7.32. The molecule has 2 fully saturated rings. The molecule has 2 amide bonds. The fourth-order valence-corrected chi connectivity index (χ4v) is 5.38. The summed E-state index contributed by atoms with van der Waals surface area (Å²) in [5.41, 5.74) is 4.19. The maximum absolute atomic E-state index is 13.5. The monoisotopic (exact) mass is 420 g/mol. The number of fused-ring (bicyclic) bond motifs is 1. The molecule has 1 aliphatic carbocycles. The van der Waals surface area contributed by atoms with Crippen LogP contribution in [0.3, 0.4) is 0 Å². The maximum atomic E-state index is 13.5. The summed E-state index contributed by atoms with van der Waals surface area (Å²) in [5, 5.41) is 4.75. The lowest BCUT2D eigenvalue weighted by Crippen LogP contribution is -2.42. The zero-order valence-corrected chi connectivity index (χ0v) is 18.5. The lowest BCUT2D eigenvalue weighted by molar-refractivity contribution is -0.135. The van der Waals surface area contributed by atoms with Crippen LogP contribution < -0.4 is 0 Å². The van der Waals surface area contributed by atoms with Crippen molar-refractivity contribution in [2.45, 2.75) is 63.3 Å². The number of rotatable bonds is 5. The van der Waals surface area contributed by atoms with E-state index in [-0.39, 0.29) is 17.2 Å². The van der Waals surface area contributed by atoms with Gasteiger partial charge in [-0.25, -0.2) is 0 Å². The van der Waals surface area contributed by atoms with Gasteiger partial charge in [-0.1, -0.05) is 30.3 Å². The molecule has 3 heterocycles. The van der Waals surface area contributed by atoms with Crippen molar-refractivity contribution in [1.82, 2.24) is 19.6 Å². The first kappa shape index (κ1) is 20.3. The molecule has 2 aliphatic heterocycles. The van der Waals surface area contributed by atoms with Crippen molar-refractivity contribution in [2.75, 3.05) is 19.6 Å². The number of carbonyl (C=O) groups is 2. The molecular formula is C25H32N4O2. The van der Waals surface area contributed by atoms with E-state index < -0.39 is 0 Å². The summed E-state index contributed by atoms with van der Waals surface area (Å²) >= 11 is 0. The van der Waals surface area contributed by atoms with Crippen LogP contribution in [-0.2, 0) is 41.4 Å².